The van der Waals surface area contributed by atoms with Crippen LogP contribution in [-0.4, -0.2) is 16.7 Å². The zero-order valence-corrected chi connectivity index (χ0v) is 13.5. The van der Waals surface area contributed by atoms with Gasteiger partial charge in [-0.05, 0) is 18.7 Å². The molecule has 0 aliphatic carbocycles. The first kappa shape index (κ1) is 16.1. The molecule has 0 atom stereocenters. The molecule has 5 nitrogen and oxygen atoms in total. The Labute approximate surface area is 133 Å². The maximum absolute atomic E-state index is 6.21. The molecule has 0 bridgehead atoms. The van der Waals surface area contributed by atoms with E-state index in [-0.39, 0.29) is 6.61 Å². The summed E-state index contributed by atoms with van der Waals surface area (Å²) in [6.07, 6.45) is 0.719. The standard InChI is InChI=1S/C14H17Cl2N3O2/c1-3-12-18-13(21-19-12)8-20-14-9(7-17-4-2)5-10(15)6-11(14)16/h5-6,17H,3-4,7-8H2,1-2H3. The Morgan fingerprint density at radius 3 is 2.76 bits per heavy atom. The predicted octanol–water partition coefficient (Wildman–Crippen LogP) is 3.63. The van der Waals surface area contributed by atoms with Crippen molar-refractivity contribution >= 4 is 23.2 Å². The van der Waals surface area contributed by atoms with Crippen molar-refractivity contribution in [2.75, 3.05) is 6.54 Å². The van der Waals surface area contributed by atoms with Crippen LogP contribution in [0.3, 0.4) is 0 Å². The van der Waals surface area contributed by atoms with Gasteiger partial charge in [-0.1, -0.05) is 42.2 Å². The zero-order valence-electron chi connectivity index (χ0n) is 11.9. The summed E-state index contributed by atoms with van der Waals surface area (Å²) in [5, 5.41) is 8.08. The number of ether oxygens (including phenoxy) is 1. The van der Waals surface area contributed by atoms with Gasteiger partial charge < -0.3 is 14.6 Å². The maximum atomic E-state index is 6.21. The van der Waals surface area contributed by atoms with Crippen molar-refractivity contribution in [1.82, 2.24) is 15.5 Å². The summed E-state index contributed by atoms with van der Waals surface area (Å²) in [6, 6.07) is 3.48. The summed E-state index contributed by atoms with van der Waals surface area (Å²) in [4.78, 5) is 4.20. The predicted molar refractivity (Wildman–Crippen MR) is 81.9 cm³/mol. The molecule has 0 saturated heterocycles. The monoisotopic (exact) mass is 329 g/mol. The molecule has 0 aliphatic rings. The smallest absolute Gasteiger partial charge is 0.264 e. The van der Waals surface area contributed by atoms with Crippen molar-refractivity contribution in [1.29, 1.82) is 0 Å². The van der Waals surface area contributed by atoms with Gasteiger partial charge in [0.15, 0.2) is 12.4 Å². The Morgan fingerprint density at radius 1 is 1.29 bits per heavy atom. The molecule has 0 saturated carbocycles. The van der Waals surface area contributed by atoms with Crippen LogP contribution in [0.15, 0.2) is 16.7 Å². The van der Waals surface area contributed by atoms with Crippen molar-refractivity contribution in [2.45, 2.75) is 33.4 Å². The van der Waals surface area contributed by atoms with Gasteiger partial charge in [0, 0.05) is 23.6 Å². The highest BCUT2D eigenvalue weighted by Gasteiger charge is 2.13. The number of benzene rings is 1. The molecule has 1 N–H and O–H groups in total. The van der Waals surface area contributed by atoms with Crippen LogP contribution in [0.4, 0.5) is 0 Å². The summed E-state index contributed by atoms with van der Waals surface area (Å²) in [5.41, 5.74) is 0.893. The van der Waals surface area contributed by atoms with Gasteiger partial charge in [-0.15, -0.1) is 0 Å². The summed E-state index contributed by atoms with van der Waals surface area (Å²) in [5.74, 6) is 1.66. The molecular formula is C14H17Cl2N3O2. The van der Waals surface area contributed by atoms with Gasteiger partial charge >= 0.3 is 0 Å². The van der Waals surface area contributed by atoms with Crippen LogP contribution >= 0.6 is 23.2 Å². The molecule has 114 valence electrons. The average Bonchev–Trinajstić information content (AvgIpc) is 2.91. The number of nitrogens with one attached hydrogen (secondary N) is 1. The first-order valence-corrected chi connectivity index (χ1v) is 7.52. The third-order valence-corrected chi connectivity index (χ3v) is 3.32. The first-order valence-electron chi connectivity index (χ1n) is 6.76. The molecule has 1 aromatic carbocycles. The van der Waals surface area contributed by atoms with E-state index in [0.717, 1.165) is 18.5 Å². The average molecular weight is 330 g/mol. The van der Waals surface area contributed by atoms with E-state index in [4.69, 9.17) is 32.5 Å². The molecule has 2 rings (SSSR count). The number of hydrogen-bond acceptors (Lipinski definition) is 5. The van der Waals surface area contributed by atoms with E-state index in [9.17, 15) is 0 Å². The lowest BCUT2D eigenvalue weighted by Gasteiger charge is -2.13. The molecule has 1 heterocycles. The number of nitrogens with zero attached hydrogens (tertiary/aromatic N) is 2. The number of aryl methyl sites for hydroxylation is 1. The van der Waals surface area contributed by atoms with Gasteiger partial charge in [-0.3, -0.25) is 0 Å². The van der Waals surface area contributed by atoms with Gasteiger partial charge in [0.1, 0.15) is 5.75 Å². The number of halogens is 2. The largest absolute Gasteiger partial charge is 0.482 e. The molecule has 0 unspecified atom stereocenters. The minimum absolute atomic E-state index is 0.174. The Bertz CT molecular complexity index is 602. The molecule has 2 aromatic rings. The van der Waals surface area contributed by atoms with Crippen molar-refractivity contribution < 1.29 is 9.26 Å². The molecule has 7 heteroatoms. The van der Waals surface area contributed by atoms with Gasteiger partial charge in [-0.2, -0.15) is 4.98 Å². The lowest BCUT2D eigenvalue weighted by atomic mass is 10.2. The van der Waals surface area contributed by atoms with Crippen LogP contribution in [0.25, 0.3) is 0 Å². The van der Waals surface area contributed by atoms with E-state index in [1.165, 1.54) is 0 Å². The SMILES string of the molecule is CCNCc1cc(Cl)cc(Cl)c1OCc1nc(CC)no1. The number of rotatable bonds is 7. The van der Waals surface area contributed by atoms with Crippen LogP contribution in [0.2, 0.25) is 10.0 Å². The Kier molecular flexibility index (Phi) is 5.85. The topological polar surface area (TPSA) is 60.2 Å². The van der Waals surface area contributed by atoms with Crippen LogP contribution in [0.5, 0.6) is 5.75 Å². The summed E-state index contributed by atoms with van der Waals surface area (Å²) >= 11 is 12.2. The molecule has 0 amide bonds. The third-order valence-electron chi connectivity index (χ3n) is 2.82. The van der Waals surface area contributed by atoms with Crippen LogP contribution < -0.4 is 10.1 Å². The minimum Gasteiger partial charge on any atom is -0.482 e. The van der Waals surface area contributed by atoms with E-state index in [2.05, 4.69) is 15.5 Å². The highest BCUT2D eigenvalue weighted by Crippen LogP contribution is 2.33. The van der Waals surface area contributed by atoms with Gasteiger partial charge in [0.2, 0.25) is 0 Å². The lowest BCUT2D eigenvalue weighted by molar-refractivity contribution is 0.240. The lowest BCUT2D eigenvalue weighted by Crippen LogP contribution is -2.13. The Morgan fingerprint density at radius 2 is 2.10 bits per heavy atom. The van der Waals surface area contributed by atoms with Crippen molar-refractivity contribution in [3.8, 4) is 5.75 Å². The summed E-state index contributed by atoms with van der Waals surface area (Å²) < 4.78 is 10.8. The second-order valence-electron chi connectivity index (χ2n) is 4.40. The minimum atomic E-state index is 0.174. The maximum Gasteiger partial charge on any atom is 0.264 e. The van der Waals surface area contributed by atoms with Crippen LogP contribution in [0, 0.1) is 0 Å². The normalized spacial score (nSPS) is 10.9. The van der Waals surface area contributed by atoms with E-state index < -0.39 is 0 Å². The molecular weight excluding hydrogens is 313 g/mol. The van der Waals surface area contributed by atoms with Crippen molar-refractivity contribution in [2.24, 2.45) is 0 Å². The van der Waals surface area contributed by atoms with E-state index in [1.807, 2.05) is 19.9 Å². The molecule has 0 spiro atoms. The Hall–Kier alpha value is -1.30. The fourth-order valence-corrected chi connectivity index (χ4v) is 2.38. The molecule has 21 heavy (non-hydrogen) atoms. The van der Waals surface area contributed by atoms with E-state index in [0.29, 0.717) is 34.1 Å². The van der Waals surface area contributed by atoms with Gasteiger partial charge in [-0.25, -0.2) is 0 Å². The fourth-order valence-electron chi connectivity index (χ4n) is 1.79. The molecule has 1 aromatic heterocycles. The Balaban J connectivity index is 2.13. The molecule has 0 fully saturated rings. The number of hydrogen-bond donors (Lipinski definition) is 1. The van der Waals surface area contributed by atoms with Crippen molar-refractivity contribution in [3.05, 3.63) is 39.5 Å². The second kappa shape index (κ2) is 7.64. The zero-order chi connectivity index (χ0) is 15.2. The summed E-state index contributed by atoms with van der Waals surface area (Å²) in [6.45, 7) is 5.62. The summed E-state index contributed by atoms with van der Waals surface area (Å²) in [7, 11) is 0. The highest BCUT2D eigenvalue weighted by molar-refractivity contribution is 6.35. The molecule has 0 aliphatic heterocycles. The van der Waals surface area contributed by atoms with Crippen molar-refractivity contribution in [3.63, 3.8) is 0 Å². The van der Waals surface area contributed by atoms with Gasteiger partial charge in [0.05, 0.1) is 5.02 Å². The fraction of sp³-hybridized carbons (Fsp3) is 0.429. The van der Waals surface area contributed by atoms with Crippen LogP contribution in [-0.2, 0) is 19.6 Å². The number of aromatic nitrogens is 2. The molecule has 0 radical (unpaired) electrons. The van der Waals surface area contributed by atoms with E-state index >= 15 is 0 Å². The van der Waals surface area contributed by atoms with Gasteiger partial charge in [0.25, 0.3) is 5.89 Å². The first-order chi connectivity index (χ1) is 10.1. The highest BCUT2D eigenvalue weighted by atomic mass is 35.5. The second-order valence-corrected chi connectivity index (χ2v) is 5.25. The van der Waals surface area contributed by atoms with Crippen LogP contribution in [0.1, 0.15) is 31.1 Å². The quantitative estimate of drug-likeness (QED) is 0.840. The van der Waals surface area contributed by atoms with E-state index in [1.54, 1.807) is 6.07 Å². The third kappa shape index (κ3) is 4.33.